The zero-order valence-corrected chi connectivity index (χ0v) is 12.2. The molecular formula is C17H22N2O. The highest BCUT2D eigenvalue weighted by Gasteiger charge is 2.11. The second kappa shape index (κ2) is 7.65. The fourth-order valence-corrected chi connectivity index (χ4v) is 2.05. The molecule has 1 atom stereocenters. The molecule has 1 unspecified atom stereocenters. The van der Waals surface area contributed by atoms with Gasteiger partial charge in [-0.1, -0.05) is 43.3 Å². The summed E-state index contributed by atoms with van der Waals surface area (Å²) in [5.41, 5.74) is 2.26. The van der Waals surface area contributed by atoms with E-state index >= 15 is 0 Å². The first kappa shape index (κ1) is 14.5. The lowest BCUT2D eigenvalue weighted by atomic mass is 10.1. The number of rotatable bonds is 7. The number of benzene rings is 1. The van der Waals surface area contributed by atoms with Crippen molar-refractivity contribution in [3.63, 3.8) is 0 Å². The molecule has 1 aromatic heterocycles. The monoisotopic (exact) mass is 270 g/mol. The van der Waals surface area contributed by atoms with Crippen LogP contribution >= 0.6 is 0 Å². The molecule has 0 saturated heterocycles. The van der Waals surface area contributed by atoms with Crippen molar-refractivity contribution in [2.24, 2.45) is 0 Å². The molecule has 1 heterocycles. The Balaban J connectivity index is 2.04. The molecule has 2 aromatic rings. The van der Waals surface area contributed by atoms with Crippen molar-refractivity contribution in [1.29, 1.82) is 0 Å². The highest BCUT2D eigenvalue weighted by atomic mass is 16.5. The number of hydrogen-bond acceptors (Lipinski definition) is 3. The summed E-state index contributed by atoms with van der Waals surface area (Å²) in [4.78, 5) is 4.36. The average Bonchev–Trinajstić information content (AvgIpc) is 2.52. The molecule has 0 saturated carbocycles. The van der Waals surface area contributed by atoms with Gasteiger partial charge in [0.2, 0.25) is 5.88 Å². The summed E-state index contributed by atoms with van der Waals surface area (Å²) in [6, 6.07) is 14.4. The van der Waals surface area contributed by atoms with Gasteiger partial charge in [0.1, 0.15) is 6.61 Å². The highest BCUT2D eigenvalue weighted by molar-refractivity contribution is 5.29. The van der Waals surface area contributed by atoms with Crippen LogP contribution in [0, 0.1) is 0 Å². The first-order valence-corrected chi connectivity index (χ1v) is 7.16. The molecule has 20 heavy (non-hydrogen) atoms. The molecule has 3 heteroatoms. The van der Waals surface area contributed by atoms with E-state index in [0.29, 0.717) is 12.5 Å². The first-order valence-electron chi connectivity index (χ1n) is 7.16. The third-order valence-corrected chi connectivity index (χ3v) is 3.19. The Morgan fingerprint density at radius 3 is 2.70 bits per heavy atom. The molecule has 0 spiro atoms. The molecule has 0 bridgehead atoms. The summed E-state index contributed by atoms with van der Waals surface area (Å²) in [6.45, 7) is 5.84. The number of nitrogens with zero attached hydrogens (tertiary/aromatic N) is 1. The van der Waals surface area contributed by atoms with Gasteiger partial charge in [0.15, 0.2) is 0 Å². The summed E-state index contributed by atoms with van der Waals surface area (Å²) in [6.07, 6.45) is 2.89. The van der Waals surface area contributed by atoms with E-state index in [1.165, 1.54) is 0 Å². The minimum atomic E-state index is 0.245. The van der Waals surface area contributed by atoms with Crippen LogP contribution in [0.3, 0.4) is 0 Å². The Kier molecular flexibility index (Phi) is 5.56. The van der Waals surface area contributed by atoms with Crippen LogP contribution in [-0.4, -0.2) is 11.5 Å². The maximum Gasteiger partial charge on any atom is 0.218 e. The Hall–Kier alpha value is -1.87. The standard InChI is InChI=1S/C17H22N2O/c1-3-11-18-14(2)16-10-7-12-19-17(16)20-13-15-8-5-4-6-9-15/h4-10,12,14,18H,3,11,13H2,1-2H3. The zero-order valence-electron chi connectivity index (χ0n) is 12.2. The molecule has 106 valence electrons. The van der Waals surface area contributed by atoms with Crippen molar-refractivity contribution in [2.75, 3.05) is 6.54 Å². The van der Waals surface area contributed by atoms with Crippen molar-refractivity contribution in [3.8, 4) is 5.88 Å². The predicted molar refractivity (Wildman–Crippen MR) is 81.7 cm³/mol. The van der Waals surface area contributed by atoms with Gasteiger partial charge in [-0.05, 0) is 31.5 Å². The maximum absolute atomic E-state index is 5.87. The Morgan fingerprint density at radius 2 is 1.95 bits per heavy atom. The number of pyridine rings is 1. The molecule has 3 nitrogen and oxygen atoms in total. The topological polar surface area (TPSA) is 34.2 Å². The van der Waals surface area contributed by atoms with Gasteiger partial charge in [-0.3, -0.25) is 0 Å². The quantitative estimate of drug-likeness (QED) is 0.832. The maximum atomic E-state index is 5.87. The molecule has 0 aliphatic carbocycles. The molecular weight excluding hydrogens is 248 g/mol. The average molecular weight is 270 g/mol. The summed E-state index contributed by atoms with van der Waals surface area (Å²) in [5, 5.41) is 3.47. The molecule has 1 N–H and O–H groups in total. The van der Waals surface area contributed by atoms with Gasteiger partial charge in [0.05, 0.1) is 0 Å². The van der Waals surface area contributed by atoms with Crippen LogP contribution in [0.5, 0.6) is 5.88 Å². The second-order valence-electron chi connectivity index (χ2n) is 4.85. The van der Waals surface area contributed by atoms with Gasteiger partial charge in [0, 0.05) is 17.8 Å². The summed E-state index contributed by atoms with van der Waals surface area (Å²) >= 11 is 0. The number of aromatic nitrogens is 1. The molecule has 0 aliphatic rings. The summed E-state index contributed by atoms with van der Waals surface area (Å²) < 4.78 is 5.87. The van der Waals surface area contributed by atoms with Gasteiger partial charge >= 0.3 is 0 Å². The Labute approximate surface area is 121 Å². The van der Waals surface area contributed by atoms with Gasteiger partial charge in [-0.25, -0.2) is 4.98 Å². The van der Waals surface area contributed by atoms with E-state index < -0.39 is 0 Å². The number of ether oxygens (including phenoxy) is 1. The predicted octanol–water partition coefficient (Wildman–Crippen LogP) is 3.72. The molecule has 1 aromatic carbocycles. The van der Waals surface area contributed by atoms with Crippen LogP contribution < -0.4 is 10.1 Å². The molecule has 0 fully saturated rings. The fraction of sp³-hybridized carbons (Fsp3) is 0.353. The lowest BCUT2D eigenvalue weighted by molar-refractivity contribution is 0.287. The third-order valence-electron chi connectivity index (χ3n) is 3.19. The molecule has 0 amide bonds. The van der Waals surface area contributed by atoms with Crippen LogP contribution in [0.15, 0.2) is 48.7 Å². The minimum Gasteiger partial charge on any atom is -0.473 e. The first-order chi connectivity index (χ1) is 9.81. The van der Waals surface area contributed by atoms with Gasteiger partial charge in [-0.2, -0.15) is 0 Å². The van der Waals surface area contributed by atoms with E-state index in [0.717, 1.165) is 24.1 Å². The molecule has 2 rings (SSSR count). The Bertz CT molecular complexity index is 513. The fourth-order valence-electron chi connectivity index (χ4n) is 2.05. The summed E-state index contributed by atoms with van der Waals surface area (Å²) in [7, 11) is 0. The van der Waals surface area contributed by atoms with E-state index in [2.05, 4.69) is 42.3 Å². The van der Waals surface area contributed by atoms with E-state index in [9.17, 15) is 0 Å². The van der Waals surface area contributed by atoms with Crippen LogP contribution in [0.4, 0.5) is 0 Å². The van der Waals surface area contributed by atoms with E-state index in [-0.39, 0.29) is 6.04 Å². The van der Waals surface area contributed by atoms with E-state index in [4.69, 9.17) is 4.74 Å². The third kappa shape index (κ3) is 4.07. The number of hydrogen-bond donors (Lipinski definition) is 1. The van der Waals surface area contributed by atoms with Crippen LogP contribution in [0.25, 0.3) is 0 Å². The number of nitrogens with one attached hydrogen (secondary N) is 1. The smallest absolute Gasteiger partial charge is 0.218 e. The lowest BCUT2D eigenvalue weighted by Crippen LogP contribution is -2.20. The zero-order chi connectivity index (χ0) is 14.2. The van der Waals surface area contributed by atoms with Crippen molar-refractivity contribution < 1.29 is 4.74 Å². The van der Waals surface area contributed by atoms with Crippen molar-refractivity contribution in [3.05, 3.63) is 59.8 Å². The lowest BCUT2D eigenvalue weighted by Gasteiger charge is -2.17. The van der Waals surface area contributed by atoms with E-state index in [1.54, 1.807) is 6.20 Å². The van der Waals surface area contributed by atoms with Gasteiger partial charge < -0.3 is 10.1 Å². The van der Waals surface area contributed by atoms with Crippen LogP contribution in [0.2, 0.25) is 0 Å². The van der Waals surface area contributed by atoms with E-state index in [1.807, 2.05) is 24.3 Å². The second-order valence-corrected chi connectivity index (χ2v) is 4.85. The van der Waals surface area contributed by atoms with Crippen molar-refractivity contribution in [2.45, 2.75) is 32.9 Å². The summed E-state index contributed by atoms with van der Waals surface area (Å²) in [5.74, 6) is 0.715. The van der Waals surface area contributed by atoms with Crippen LogP contribution in [-0.2, 0) is 6.61 Å². The van der Waals surface area contributed by atoms with Crippen molar-refractivity contribution in [1.82, 2.24) is 10.3 Å². The van der Waals surface area contributed by atoms with Gasteiger partial charge in [-0.15, -0.1) is 0 Å². The van der Waals surface area contributed by atoms with Gasteiger partial charge in [0.25, 0.3) is 0 Å². The highest BCUT2D eigenvalue weighted by Crippen LogP contribution is 2.23. The van der Waals surface area contributed by atoms with Crippen molar-refractivity contribution >= 4 is 0 Å². The largest absolute Gasteiger partial charge is 0.473 e. The molecule has 0 aliphatic heterocycles. The van der Waals surface area contributed by atoms with Crippen LogP contribution in [0.1, 0.15) is 37.4 Å². The SMILES string of the molecule is CCCNC(C)c1cccnc1OCc1ccccc1. The Morgan fingerprint density at radius 1 is 1.15 bits per heavy atom. The molecule has 0 radical (unpaired) electrons. The minimum absolute atomic E-state index is 0.245. The normalized spacial score (nSPS) is 12.1.